The van der Waals surface area contributed by atoms with Gasteiger partial charge in [-0.25, -0.2) is 4.79 Å². The molecule has 1 spiro atoms. The Kier molecular flexibility index (Phi) is 5.85. The van der Waals surface area contributed by atoms with Crippen molar-refractivity contribution in [3.8, 4) is 0 Å². The zero-order chi connectivity index (χ0) is 22.0. The molecule has 3 fully saturated rings. The van der Waals surface area contributed by atoms with Gasteiger partial charge in [-0.05, 0) is 48.9 Å². The first-order chi connectivity index (χ1) is 15.7. The number of likely N-dealkylation sites (tertiary alicyclic amines) is 2. The van der Waals surface area contributed by atoms with Gasteiger partial charge in [0.15, 0.2) is 0 Å². The zero-order valence-electron chi connectivity index (χ0n) is 18.6. The second-order valence-electron chi connectivity index (χ2n) is 9.47. The van der Waals surface area contributed by atoms with E-state index in [1.54, 1.807) is 0 Å². The van der Waals surface area contributed by atoms with Gasteiger partial charge in [0.25, 0.3) is 0 Å². The molecule has 2 saturated heterocycles. The summed E-state index contributed by atoms with van der Waals surface area (Å²) in [7, 11) is 0. The number of amides is 3. The van der Waals surface area contributed by atoms with Gasteiger partial charge in [-0.2, -0.15) is 0 Å². The predicted molar refractivity (Wildman–Crippen MR) is 123 cm³/mol. The summed E-state index contributed by atoms with van der Waals surface area (Å²) >= 11 is 0. The Morgan fingerprint density at radius 3 is 2.38 bits per heavy atom. The molecule has 32 heavy (non-hydrogen) atoms. The van der Waals surface area contributed by atoms with Crippen LogP contribution in [0.3, 0.4) is 0 Å². The number of carbonyl (C=O) groups excluding carboxylic acids is 2. The van der Waals surface area contributed by atoms with Gasteiger partial charge in [-0.1, -0.05) is 49.6 Å². The van der Waals surface area contributed by atoms with Crippen molar-refractivity contribution in [3.63, 3.8) is 0 Å². The van der Waals surface area contributed by atoms with E-state index >= 15 is 0 Å². The number of benzene rings is 1. The Hall–Kier alpha value is -2.89. The Morgan fingerprint density at radius 2 is 1.69 bits per heavy atom. The van der Waals surface area contributed by atoms with E-state index in [2.05, 4.69) is 27.3 Å². The lowest BCUT2D eigenvalue weighted by Crippen LogP contribution is -2.68. The van der Waals surface area contributed by atoms with E-state index in [1.807, 2.05) is 47.6 Å². The molecule has 3 amide bonds. The molecule has 3 aliphatic rings. The second kappa shape index (κ2) is 8.93. The van der Waals surface area contributed by atoms with Gasteiger partial charge in [0.1, 0.15) is 0 Å². The smallest absolute Gasteiger partial charge is 0.317 e. The lowest BCUT2D eigenvalue weighted by Gasteiger charge is -2.61. The van der Waals surface area contributed by atoms with Crippen LogP contribution in [0.5, 0.6) is 0 Å². The van der Waals surface area contributed by atoms with Gasteiger partial charge in [0, 0.05) is 38.1 Å². The molecule has 1 unspecified atom stereocenters. The number of piperidine rings is 1. The molecule has 1 aromatic carbocycles. The number of rotatable bonds is 4. The summed E-state index contributed by atoms with van der Waals surface area (Å²) in [6, 6.07) is 14.5. The van der Waals surface area contributed by atoms with Gasteiger partial charge < -0.3 is 15.1 Å². The highest BCUT2D eigenvalue weighted by molar-refractivity contribution is 5.91. The maximum atomic E-state index is 13.5. The number of aromatic nitrogens is 1. The topological polar surface area (TPSA) is 65.5 Å². The summed E-state index contributed by atoms with van der Waals surface area (Å²) in [5.41, 5.74) is 2.09. The third kappa shape index (κ3) is 3.76. The van der Waals surface area contributed by atoms with Crippen LogP contribution in [0.15, 0.2) is 54.9 Å². The van der Waals surface area contributed by atoms with Crippen LogP contribution in [0.1, 0.15) is 62.1 Å². The van der Waals surface area contributed by atoms with Crippen molar-refractivity contribution >= 4 is 11.9 Å². The molecule has 2 aromatic rings. The molecule has 2 aliphatic heterocycles. The molecule has 1 saturated carbocycles. The fourth-order valence-corrected chi connectivity index (χ4v) is 6.00. The average Bonchev–Trinajstić information content (AvgIpc) is 2.87. The van der Waals surface area contributed by atoms with Gasteiger partial charge in [0.05, 0.1) is 11.5 Å². The molecule has 6 nitrogen and oxygen atoms in total. The first-order valence-electron chi connectivity index (χ1n) is 12.0. The molecule has 1 aromatic heterocycles. The number of hydrogen-bond donors (Lipinski definition) is 1. The Morgan fingerprint density at radius 1 is 1.00 bits per heavy atom. The maximum Gasteiger partial charge on any atom is 0.317 e. The molecule has 0 radical (unpaired) electrons. The summed E-state index contributed by atoms with van der Waals surface area (Å²) in [4.78, 5) is 34.4. The van der Waals surface area contributed by atoms with E-state index in [0.29, 0.717) is 25.5 Å². The number of urea groups is 1. The predicted octanol–water partition coefficient (Wildman–Crippen LogP) is 4.29. The lowest BCUT2D eigenvalue weighted by molar-refractivity contribution is -0.186. The lowest BCUT2D eigenvalue weighted by atomic mass is 9.59. The fourth-order valence-electron chi connectivity index (χ4n) is 6.00. The van der Waals surface area contributed by atoms with Gasteiger partial charge in [0.2, 0.25) is 5.91 Å². The summed E-state index contributed by atoms with van der Waals surface area (Å²) in [5, 5.41) is 3.03. The fraction of sp³-hybridized carbons (Fsp3) is 0.500. The molecular formula is C26H32N4O2. The Labute approximate surface area is 190 Å². The van der Waals surface area contributed by atoms with E-state index in [1.165, 1.54) is 12.0 Å². The van der Waals surface area contributed by atoms with Crippen molar-refractivity contribution in [2.45, 2.75) is 63.6 Å². The zero-order valence-corrected chi connectivity index (χ0v) is 18.6. The van der Waals surface area contributed by atoms with Crippen LogP contribution in [0.4, 0.5) is 4.79 Å². The largest absolute Gasteiger partial charge is 0.334 e. The highest BCUT2D eigenvalue weighted by Crippen LogP contribution is 2.59. The van der Waals surface area contributed by atoms with Crippen molar-refractivity contribution in [1.29, 1.82) is 0 Å². The first-order valence-corrected chi connectivity index (χ1v) is 12.0. The minimum Gasteiger partial charge on any atom is -0.334 e. The van der Waals surface area contributed by atoms with Crippen LogP contribution < -0.4 is 5.32 Å². The second-order valence-corrected chi connectivity index (χ2v) is 9.47. The highest BCUT2D eigenvalue weighted by atomic mass is 16.2. The van der Waals surface area contributed by atoms with Crippen LogP contribution in [-0.2, 0) is 11.3 Å². The maximum absolute atomic E-state index is 13.5. The number of nitrogens with one attached hydrogen (secondary N) is 1. The standard InChI is InChI=1S/C26H32N4O2/c31-24-26(13-5-2-6-14-26)23(21-9-15-27-16-10-21)30(24)22-11-17-29(18-12-22)25(32)28-19-20-7-3-1-4-8-20/h1,3-4,7-10,15-16,22-23H,2,5-6,11-14,17-19H2,(H,28,32). The average molecular weight is 433 g/mol. The number of nitrogens with zero attached hydrogens (tertiary/aromatic N) is 3. The molecular weight excluding hydrogens is 400 g/mol. The number of β-lactam (4-membered cyclic amide) rings is 1. The van der Waals surface area contributed by atoms with E-state index < -0.39 is 0 Å². The van der Waals surface area contributed by atoms with E-state index in [4.69, 9.17) is 0 Å². The van der Waals surface area contributed by atoms with E-state index in [-0.39, 0.29) is 23.5 Å². The molecule has 168 valence electrons. The molecule has 6 heteroatoms. The molecule has 5 rings (SSSR count). The number of carbonyl (C=O) groups is 2. The molecule has 3 heterocycles. The van der Waals surface area contributed by atoms with Crippen LogP contribution in [0.2, 0.25) is 0 Å². The highest BCUT2D eigenvalue weighted by Gasteiger charge is 2.62. The number of pyridine rings is 1. The van der Waals surface area contributed by atoms with Crippen molar-refractivity contribution in [1.82, 2.24) is 20.1 Å². The Balaban J connectivity index is 1.23. The van der Waals surface area contributed by atoms with Gasteiger partial charge >= 0.3 is 6.03 Å². The summed E-state index contributed by atoms with van der Waals surface area (Å²) in [5.74, 6) is 0.339. The van der Waals surface area contributed by atoms with Crippen molar-refractivity contribution < 1.29 is 9.59 Å². The van der Waals surface area contributed by atoms with Crippen molar-refractivity contribution in [2.24, 2.45) is 5.41 Å². The van der Waals surface area contributed by atoms with Crippen molar-refractivity contribution in [2.75, 3.05) is 13.1 Å². The third-order valence-corrected chi connectivity index (χ3v) is 7.66. The van der Waals surface area contributed by atoms with Crippen LogP contribution in [0, 0.1) is 5.41 Å². The summed E-state index contributed by atoms with van der Waals surface area (Å²) in [6.45, 7) is 1.91. The molecule has 1 N–H and O–H groups in total. The Bertz CT molecular complexity index is 935. The van der Waals surface area contributed by atoms with E-state index in [9.17, 15) is 9.59 Å². The first kappa shape index (κ1) is 21.0. The quantitative estimate of drug-likeness (QED) is 0.733. The summed E-state index contributed by atoms with van der Waals surface area (Å²) < 4.78 is 0. The molecule has 0 bridgehead atoms. The molecule has 1 atom stereocenters. The van der Waals surface area contributed by atoms with Gasteiger partial charge in [-0.15, -0.1) is 0 Å². The van der Waals surface area contributed by atoms with Crippen LogP contribution in [0.25, 0.3) is 0 Å². The normalized spacial score (nSPS) is 23.1. The van der Waals surface area contributed by atoms with Crippen LogP contribution in [-0.4, -0.2) is 45.9 Å². The minimum absolute atomic E-state index is 0.0170. The third-order valence-electron chi connectivity index (χ3n) is 7.66. The minimum atomic E-state index is -0.218. The monoisotopic (exact) mass is 432 g/mol. The molecule has 1 aliphatic carbocycles. The van der Waals surface area contributed by atoms with Crippen molar-refractivity contribution in [3.05, 3.63) is 66.0 Å². The van der Waals surface area contributed by atoms with E-state index in [0.717, 1.165) is 44.1 Å². The number of hydrogen-bond acceptors (Lipinski definition) is 3. The summed E-state index contributed by atoms with van der Waals surface area (Å²) in [6.07, 6.45) is 10.9. The van der Waals surface area contributed by atoms with Gasteiger partial charge in [-0.3, -0.25) is 9.78 Å². The SMILES string of the molecule is O=C(NCc1ccccc1)N1CCC(N2C(=O)C3(CCCCC3)C2c2ccncc2)CC1. The van der Waals surface area contributed by atoms with Crippen LogP contribution >= 0.6 is 0 Å².